The lowest BCUT2D eigenvalue weighted by molar-refractivity contribution is 0.768. The highest BCUT2D eigenvalue weighted by Gasteiger charge is 2.46. The molecular weight excluding hydrogens is 555 g/mol. The van der Waals surface area contributed by atoms with E-state index in [0.29, 0.717) is 5.56 Å². The first-order chi connectivity index (χ1) is 22.7. The molecule has 0 unspecified atom stereocenters. The molecule has 0 bridgehead atoms. The molecule has 0 atom stereocenters. The summed E-state index contributed by atoms with van der Waals surface area (Å²) in [6.07, 6.45) is 0. The van der Waals surface area contributed by atoms with E-state index in [1.807, 2.05) is 36.4 Å². The summed E-state index contributed by atoms with van der Waals surface area (Å²) in [5, 5.41) is 10.5. The summed E-state index contributed by atoms with van der Waals surface area (Å²) in [5.74, 6) is 0. The van der Waals surface area contributed by atoms with E-state index < -0.39 is 5.41 Å². The molecule has 0 spiro atoms. The van der Waals surface area contributed by atoms with Crippen LogP contribution in [0.2, 0.25) is 0 Å². The summed E-state index contributed by atoms with van der Waals surface area (Å²) in [6, 6.07) is 63.0. The fraction of sp³-hybridized carbons (Fsp3) is 0.0444. The van der Waals surface area contributed by atoms with E-state index in [9.17, 15) is 5.26 Å². The summed E-state index contributed by atoms with van der Waals surface area (Å²) in [6.45, 7) is 2.22. The van der Waals surface area contributed by atoms with Gasteiger partial charge in [-0.1, -0.05) is 152 Å². The second-order valence-electron chi connectivity index (χ2n) is 12.0. The Balaban J connectivity index is 1.45. The number of nitrogens with zero attached hydrogens (tertiary/aromatic N) is 1. The lowest BCUT2D eigenvalue weighted by Gasteiger charge is -2.34. The van der Waals surface area contributed by atoms with Gasteiger partial charge in [0.15, 0.2) is 0 Å². The number of fused-ring (bicyclic) bond motifs is 3. The summed E-state index contributed by atoms with van der Waals surface area (Å²) >= 11 is 0. The normalized spacial score (nSPS) is 12.6. The first-order valence-electron chi connectivity index (χ1n) is 15.8. The zero-order valence-electron chi connectivity index (χ0n) is 25.6. The van der Waals surface area contributed by atoms with Crippen molar-refractivity contribution in [2.75, 3.05) is 0 Å². The molecule has 0 fully saturated rings. The molecule has 8 rings (SSSR count). The van der Waals surface area contributed by atoms with Gasteiger partial charge >= 0.3 is 0 Å². The van der Waals surface area contributed by atoms with Crippen molar-refractivity contribution >= 4 is 0 Å². The number of nitriles is 1. The molecule has 216 valence electrons. The molecule has 46 heavy (non-hydrogen) atoms. The van der Waals surface area contributed by atoms with Crippen molar-refractivity contribution in [2.24, 2.45) is 0 Å². The standard InChI is InChI=1S/C45H31N/c1-31-15-14-24-42-44(31)38-26-25-34(29-43(38)45(42,36-20-10-4-11-21-36)37-22-12-5-13-23-37)35-27-39(32-16-6-2-7-17-32)41(30-46)40(28-35)33-18-8-3-9-19-33/h2-29H,1H3. The van der Waals surface area contributed by atoms with Crippen LogP contribution in [0.1, 0.15) is 33.4 Å². The lowest BCUT2D eigenvalue weighted by atomic mass is 9.67. The van der Waals surface area contributed by atoms with Crippen molar-refractivity contribution < 1.29 is 0 Å². The Kier molecular flexibility index (Phi) is 6.71. The monoisotopic (exact) mass is 585 g/mol. The molecule has 0 saturated heterocycles. The average molecular weight is 586 g/mol. The number of rotatable bonds is 5. The van der Waals surface area contributed by atoms with Crippen LogP contribution < -0.4 is 0 Å². The molecule has 0 aliphatic heterocycles. The van der Waals surface area contributed by atoms with Crippen LogP contribution in [0.5, 0.6) is 0 Å². The second kappa shape index (κ2) is 11.2. The van der Waals surface area contributed by atoms with E-state index in [0.717, 1.165) is 33.4 Å². The Morgan fingerprint density at radius 1 is 0.435 bits per heavy atom. The van der Waals surface area contributed by atoms with Gasteiger partial charge in [-0.2, -0.15) is 5.26 Å². The fourth-order valence-corrected chi connectivity index (χ4v) is 7.52. The largest absolute Gasteiger partial charge is 0.192 e. The molecule has 1 heteroatoms. The molecular formula is C45H31N. The fourth-order valence-electron chi connectivity index (χ4n) is 7.52. The minimum atomic E-state index is -0.480. The SMILES string of the molecule is Cc1cccc2c1-c1ccc(-c3cc(-c4ccccc4)c(C#N)c(-c4ccccc4)c3)cc1C2(c1ccccc1)c1ccccc1. The van der Waals surface area contributed by atoms with Gasteiger partial charge in [0.1, 0.15) is 6.07 Å². The number of hydrogen-bond acceptors (Lipinski definition) is 1. The molecule has 0 amide bonds. The van der Waals surface area contributed by atoms with Crippen molar-refractivity contribution in [1.29, 1.82) is 5.26 Å². The molecule has 0 aromatic heterocycles. The zero-order valence-corrected chi connectivity index (χ0v) is 25.6. The lowest BCUT2D eigenvalue weighted by Crippen LogP contribution is -2.28. The number of benzene rings is 7. The van der Waals surface area contributed by atoms with Crippen LogP contribution in [0.3, 0.4) is 0 Å². The molecule has 0 saturated carbocycles. The van der Waals surface area contributed by atoms with Gasteiger partial charge in [-0.05, 0) is 86.3 Å². The van der Waals surface area contributed by atoms with Crippen molar-refractivity contribution in [3.05, 3.63) is 203 Å². The Morgan fingerprint density at radius 3 is 1.48 bits per heavy atom. The highest BCUT2D eigenvalue weighted by Crippen LogP contribution is 2.57. The molecule has 1 aliphatic carbocycles. The van der Waals surface area contributed by atoms with Crippen LogP contribution in [0, 0.1) is 18.3 Å². The van der Waals surface area contributed by atoms with E-state index >= 15 is 0 Å². The average Bonchev–Trinajstić information content (AvgIpc) is 3.44. The van der Waals surface area contributed by atoms with E-state index in [-0.39, 0.29) is 0 Å². The van der Waals surface area contributed by atoms with Gasteiger partial charge in [-0.25, -0.2) is 0 Å². The van der Waals surface area contributed by atoms with E-state index in [1.54, 1.807) is 0 Å². The maximum atomic E-state index is 10.5. The second-order valence-corrected chi connectivity index (χ2v) is 12.0. The van der Waals surface area contributed by atoms with Crippen molar-refractivity contribution in [3.63, 3.8) is 0 Å². The minimum Gasteiger partial charge on any atom is -0.192 e. The molecule has 1 nitrogen and oxygen atoms in total. The maximum absolute atomic E-state index is 10.5. The van der Waals surface area contributed by atoms with Gasteiger partial charge < -0.3 is 0 Å². The summed E-state index contributed by atoms with van der Waals surface area (Å²) in [4.78, 5) is 0. The van der Waals surface area contributed by atoms with E-state index in [4.69, 9.17) is 0 Å². The molecule has 7 aromatic carbocycles. The van der Waals surface area contributed by atoms with Crippen LogP contribution in [-0.2, 0) is 5.41 Å². The summed E-state index contributed by atoms with van der Waals surface area (Å²) in [7, 11) is 0. The predicted molar refractivity (Wildman–Crippen MR) is 190 cm³/mol. The van der Waals surface area contributed by atoms with Crippen LogP contribution in [0.25, 0.3) is 44.5 Å². The van der Waals surface area contributed by atoms with Gasteiger partial charge in [0.05, 0.1) is 11.0 Å². The number of aryl methyl sites for hydroxylation is 1. The molecule has 0 radical (unpaired) electrons. The predicted octanol–water partition coefficient (Wildman–Crippen LogP) is 11.2. The quantitative estimate of drug-likeness (QED) is 0.197. The first kappa shape index (κ1) is 27.6. The highest BCUT2D eigenvalue weighted by molar-refractivity contribution is 5.92. The third-order valence-electron chi connectivity index (χ3n) is 9.54. The molecule has 1 aliphatic rings. The smallest absolute Gasteiger partial charge is 0.100 e. The summed E-state index contributed by atoms with van der Waals surface area (Å²) < 4.78 is 0. The van der Waals surface area contributed by atoms with Gasteiger partial charge in [-0.3, -0.25) is 0 Å². The van der Waals surface area contributed by atoms with Crippen molar-refractivity contribution in [1.82, 2.24) is 0 Å². The van der Waals surface area contributed by atoms with Gasteiger partial charge in [0.2, 0.25) is 0 Å². The van der Waals surface area contributed by atoms with Crippen LogP contribution >= 0.6 is 0 Å². The number of hydrogen-bond donors (Lipinski definition) is 0. The van der Waals surface area contributed by atoms with Gasteiger partial charge in [-0.15, -0.1) is 0 Å². The molecule has 7 aromatic rings. The zero-order chi connectivity index (χ0) is 31.1. The highest BCUT2D eigenvalue weighted by atomic mass is 14.5. The molecule has 0 heterocycles. The summed E-state index contributed by atoms with van der Waals surface area (Å²) in [5.41, 5.74) is 15.3. The Morgan fingerprint density at radius 2 is 0.957 bits per heavy atom. The Bertz CT molecular complexity index is 2140. The van der Waals surface area contributed by atoms with Crippen molar-refractivity contribution in [2.45, 2.75) is 12.3 Å². The first-order valence-corrected chi connectivity index (χ1v) is 15.8. The topological polar surface area (TPSA) is 23.8 Å². The minimum absolute atomic E-state index is 0.480. The van der Waals surface area contributed by atoms with E-state index in [2.05, 4.69) is 146 Å². The van der Waals surface area contributed by atoms with E-state index in [1.165, 1.54) is 38.9 Å². The maximum Gasteiger partial charge on any atom is 0.100 e. The van der Waals surface area contributed by atoms with Gasteiger partial charge in [0.25, 0.3) is 0 Å². The Labute approximate surface area is 270 Å². The van der Waals surface area contributed by atoms with Crippen LogP contribution in [0.15, 0.2) is 170 Å². The third kappa shape index (κ3) is 4.23. The van der Waals surface area contributed by atoms with Crippen molar-refractivity contribution in [3.8, 4) is 50.6 Å². The molecule has 0 N–H and O–H groups in total. The Hall–Kier alpha value is -5.97. The third-order valence-corrected chi connectivity index (χ3v) is 9.54. The van der Waals surface area contributed by atoms with Gasteiger partial charge in [0, 0.05) is 11.1 Å². The van der Waals surface area contributed by atoms with Crippen LogP contribution in [0.4, 0.5) is 0 Å². The van der Waals surface area contributed by atoms with Crippen LogP contribution in [-0.4, -0.2) is 0 Å².